The van der Waals surface area contributed by atoms with Crippen LogP contribution >= 0.6 is 11.3 Å². The molecule has 3 aromatic rings. The molecule has 0 bridgehead atoms. The third-order valence-corrected chi connectivity index (χ3v) is 5.79. The highest BCUT2D eigenvalue weighted by Crippen LogP contribution is 2.34. The molecule has 2 heterocycles. The lowest BCUT2D eigenvalue weighted by atomic mass is 9.90. The van der Waals surface area contributed by atoms with Gasteiger partial charge in [-0.3, -0.25) is 9.78 Å². The van der Waals surface area contributed by atoms with Gasteiger partial charge in [0.1, 0.15) is 5.01 Å². The smallest absolute Gasteiger partial charge is 0.227 e. The minimum absolute atomic E-state index is 0.00862. The van der Waals surface area contributed by atoms with E-state index in [0.29, 0.717) is 0 Å². The molecule has 1 amide bonds. The van der Waals surface area contributed by atoms with Crippen molar-refractivity contribution in [3.05, 3.63) is 64.9 Å². The van der Waals surface area contributed by atoms with Gasteiger partial charge in [0.2, 0.25) is 5.91 Å². The van der Waals surface area contributed by atoms with Gasteiger partial charge in [-0.2, -0.15) is 0 Å². The normalized spacial score (nSPS) is 16.3. The van der Waals surface area contributed by atoms with Gasteiger partial charge in [0.05, 0.1) is 5.69 Å². The van der Waals surface area contributed by atoms with Crippen LogP contribution in [0.25, 0.3) is 10.6 Å². The van der Waals surface area contributed by atoms with Gasteiger partial charge in [-0.15, -0.1) is 11.3 Å². The number of pyridine rings is 1. The van der Waals surface area contributed by atoms with Crippen molar-refractivity contribution in [3.63, 3.8) is 0 Å². The highest BCUT2D eigenvalue weighted by Gasteiger charge is 2.28. The number of hydrogen-bond donors (Lipinski definition) is 1. The number of para-hydroxylation sites is 1. The number of hydrogen-bond acceptors (Lipinski definition) is 4. The molecule has 0 aliphatic heterocycles. The molecule has 0 saturated carbocycles. The summed E-state index contributed by atoms with van der Waals surface area (Å²) < 4.78 is 0. The average Bonchev–Trinajstić information content (AvgIpc) is 3.07. The van der Waals surface area contributed by atoms with E-state index in [0.717, 1.165) is 46.8 Å². The Morgan fingerprint density at radius 2 is 2.12 bits per heavy atom. The zero-order valence-corrected chi connectivity index (χ0v) is 14.8. The first kappa shape index (κ1) is 16.0. The largest absolute Gasteiger partial charge is 0.326 e. The standard InChI is InChI=1S/C20H19N3OS/c1-13-5-2-3-7-16(13)22-19(24)14-8-9-17-18(11-14)25-20(23-17)15-6-4-10-21-12-15/h2-7,10,12,14H,8-9,11H2,1H3,(H,22,24). The van der Waals surface area contributed by atoms with Crippen molar-refractivity contribution < 1.29 is 4.79 Å². The Balaban J connectivity index is 1.50. The van der Waals surface area contributed by atoms with Gasteiger partial charge in [-0.05, 0) is 49.9 Å². The summed E-state index contributed by atoms with van der Waals surface area (Å²) in [5, 5.41) is 4.08. The van der Waals surface area contributed by atoms with Gasteiger partial charge in [0, 0.05) is 34.4 Å². The topological polar surface area (TPSA) is 54.9 Å². The lowest BCUT2D eigenvalue weighted by molar-refractivity contribution is -0.120. The molecule has 1 N–H and O–H groups in total. The van der Waals surface area contributed by atoms with E-state index < -0.39 is 0 Å². The molecule has 1 unspecified atom stereocenters. The van der Waals surface area contributed by atoms with E-state index in [1.165, 1.54) is 4.88 Å². The number of nitrogens with zero attached hydrogens (tertiary/aromatic N) is 2. The molecule has 1 aromatic carbocycles. The van der Waals surface area contributed by atoms with Crippen molar-refractivity contribution in [3.8, 4) is 10.6 Å². The fraction of sp³-hybridized carbons (Fsp3) is 0.250. The third kappa shape index (κ3) is 3.33. The summed E-state index contributed by atoms with van der Waals surface area (Å²) in [6.45, 7) is 2.01. The molecule has 126 valence electrons. The number of thiazole rings is 1. The molecule has 4 nitrogen and oxygen atoms in total. The van der Waals surface area contributed by atoms with Crippen LogP contribution in [0.5, 0.6) is 0 Å². The van der Waals surface area contributed by atoms with Gasteiger partial charge in [0.25, 0.3) is 0 Å². The van der Waals surface area contributed by atoms with Crippen LogP contribution in [-0.2, 0) is 17.6 Å². The Labute approximate surface area is 151 Å². The lowest BCUT2D eigenvalue weighted by Crippen LogP contribution is -2.28. The number of anilines is 1. The molecule has 1 aliphatic carbocycles. The molecule has 0 spiro atoms. The van der Waals surface area contributed by atoms with Crippen LogP contribution in [0.1, 0.15) is 22.6 Å². The van der Waals surface area contributed by atoms with Gasteiger partial charge in [-0.25, -0.2) is 4.98 Å². The van der Waals surface area contributed by atoms with Crippen LogP contribution < -0.4 is 5.32 Å². The zero-order valence-electron chi connectivity index (χ0n) is 14.0. The number of fused-ring (bicyclic) bond motifs is 1. The first-order chi connectivity index (χ1) is 12.2. The van der Waals surface area contributed by atoms with E-state index in [2.05, 4.69) is 10.3 Å². The summed E-state index contributed by atoms with van der Waals surface area (Å²) in [4.78, 5) is 22.8. The summed E-state index contributed by atoms with van der Waals surface area (Å²) >= 11 is 1.69. The van der Waals surface area contributed by atoms with Crippen molar-refractivity contribution in [1.82, 2.24) is 9.97 Å². The number of aromatic nitrogens is 2. The van der Waals surface area contributed by atoms with E-state index in [4.69, 9.17) is 4.98 Å². The van der Waals surface area contributed by atoms with Crippen molar-refractivity contribution in [2.24, 2.45) is 5.92 Å². The molecule has 1 atom stereocenters. The number of carbonyl (C=O) groups is 1. The monoisotopic (exact) mass is 349 g/mol. The fourth-order valence-electron chi connectivity index (χ4n) is 3.16. The Morgan fingerprint density at radius 1 is 1.24 bits per heavy atom. The molecule has 0 radical (unpaired) electrons. The summed E-state index contributed by atoms with van der Waals surface area (Å²) in [7, 11) is 0. The number of rotatable bonds is 3. The van der Waals surface area contributed by atoms with Gasteiger partial charge in [-0.1, -0.05) is 18.2 Å². The van der Waals surface area contributed by atoms with Crippen LogP contribution in [0, 0.1) is 12.8 Å². The number of benzene rings is 1. The molecular formula is C20H19N3OS. The average molecular weight is 349 g/mol. The maximum absolute atomic E-state index is 12.7. The van der Waals surface area contributed by atoms with Crippen LogP contribution in [0.4, 0.5) is 5.69 Å². The third-order valence-electron chi connectivity index (χ3n) is 4.62. The first-order valence-electron chi connectivity index (χ1n) is 8.46. The summed E-state index contributed by atoms with van der Waals surface area (Å²) in [5.41, 5.74) is 4.18. The molecule has 0 saturated heterocycles. The van der Waals surface area contributed by atoms with Crippen LogP contribution in [0.3, 0.4) is 0 Å². The SMILES string of the molecule is Cc1ccccc1NC(=O)C1CCc2nc(-c3cccnc3)sc2C1. The minimum Gasteiger partial charge on any atom is -0.326 e. The first-order valence-corrected chi connectivity index (χ1v) is 9.28. The predicted molar refractivity (Wildman–Crippen MR) is 101 cm³/mol. The highest BCUT2D eigenvalue weighted by atomic mass is 32.1. The number of amides is 1. The van der Waals surface area contributed by atoms with Crippen LogP contribution in [-0.4, -0.2) is 15.9 Å². The molecule has 25 heavy (non-hydrogen) atoms. The number of aryl methyl sites for hydroxylation is 2. The molecular weight excluding hydrogens is 330 g/mol. The van der Waals surface area contributed by atoms with Gasteiger partial charge in [0.15, 0.2) is 0 Å². The molecule has 5 heteroatoms. The van der Waals surface area contributed by atoms with Gasteiger partial charge >= 0.3 is 0 Å². The Hall–Kier alpha value is -2.53. The summed E-state index contributed by atoms with van der Waals surface area (Å²) in [5.74, 6) is 0.116. The Kier molecular flexibility index (Phi) is 4.32. The second kappa shape index (κ2) is 6.76. The van der Waals surface area contributed by atoms with E-state index in [1.807, 2.05) is 49.5 Å². The van der Waals surface area contributed by atoms with E-state index in [9.17, 15) is 4.79 Å². The van der Waals surface area contributed by atoms with E-state index in [-0.39, 0.29) is 11.8 Å². The molecule has 1 aliphatic rings. The number of nitrogens with one attached hydrogen (secondary N) is 1. The van der Waals surface area contributed by atoms with Crippen LogP contribution in [0.2, 0.25) is 0 Å². The minimum atomic E-state index is 0.00862. The Bertz CT molecular complexity index is 904. The van der Waals surface area contributed by atoms with E-state index in [1.54, 1.807) is 17.5 Å². The van der Waals surface area contributed by atoms with Crippen molar-refractivity contribution >= 4 is 22.9 Å². The summed E-state index contributed by atoms with van der Waals surface area (Å²) in [6.07, 6.45) is 6.08. The molecule has 2 aromatic heterocycles. The second-order valence-electron chi connectivity index (χ2n) is 6.37. The number of carbonyl (C=O) groups excluding carboxylic acids is 1. The predicted octanol–water partition coefficient (Wildman–Crippen LogP) is 4.26. The van der Waals surface area contributed by atoms with Crippen molar-refractivity contribution in [2.45, 2.75) is 26.2 Å². The van der Waals surface area contributed by atoms with Crippen LogP contribution in [0.15, 0.2) is 48.8 Å². The second-order valence-corrected chi connectivity index (χ2v) is 7.46. The maximum Gasteiger partial charge on any atom is 0.227 e. The Morgan fingerprint density at radius 3 is 2.92 bits per heavy atom. The van der Waals surface area contributed by atoms with Gasteiger partial charge < -0.3 is 5.32 Å². The molecule has 4 rings (SSSR count). The maximum atomic E-state index is 12.7. The quantitative estimate of drug-likeness (QED) is 0.769. The fourth-order valence-corrected chi connectivity index (χ4v) is 4.34. The van der Waals surface area contributed by atoms with E-state index >= 15 is 0 Å². The summed E-state index contributed by atoms with van der Waals surface area (Å²) in [6, 6.07) is 11.8. The lowest BCUT2D eigenvalue weighted by Gasteiger charge is -2.21. The van der Waals surface area contributed by atoms with Crippen molar-refractivity contribution in [1.29, 1.82) is 0 Å². The molecule has 0 fully saturated rings. The highest BCUT2D eigenvalue weighted by molar-refractivity contribution is 7.15. The van der Waals surface area contributed by atoms with Crippen molar-refractivity contribution in [2.75, 3.05) is 5.32 Å². The zero-order chi connectivity index (χ0) is 17.2.